The Morgan fingerprint density at radius 1 is 1.35 bits per heavy atom. The van der Waals surface area contributed by atoms with Crippen molar-refractivity contribution in [3.05, 3.63) is 29.3 Å². The van der Waals surface area contributed by atoms with Gasteiger partial charge < -0.3 is 15.2 Å². The molecule has 0 spiro atoms. The van der Waals surface area contributed by atoms with E-state index in [1.807, 2.05) is 6.07 Å². The molecule has 3 nitrogen and oxygen atoms in total. The first-order valence-electron chi connectivity index (χ1n) is 7.22. The largest absolute Gasteiger partial charge is 0.496 e. The maximum absolute atomic E-state index is 6.04. The summed E-state index contributed by atoms with van der Waals surface area (Å²) in [6.07, 6.45) is 4.50. The van der Waals surface area contributed by atoms with E-state index in [-0.39, 0.29) is 18.4 Å². The Hall–Kier alpha value is -0.770. The van der Waals surface area contributed by atoms with Crippen LogP contribution in [0.15, 0.2) is 18.2 Å². The fourth-order valence-electron chi connectivity index (χ4n) is 2.14. The van der Waals surface area contributed by atoms with Gasteiger partial charge in [0.2, 0.25) is 0 Å². The van der Waals surface area contributed by atoms with E-state index >= 15 is 0 Å². The summed E-state index contributed by atoms with van der Waals surface area (Å²) in [5.74, 6) is 1.74. The van der Waals surface area contributed by atoms with E-state index in [0.717, 1.165) is 31.1 Å². The molecule has 0 aromatic heterocycles. The second kappa shape index (κ2) is 8.50. The van der Waals surface area contributed by atoms with E-state index in [1.165, 1.54) is 24.0 Å². The van der Waals surface area contributed by atoms with Gasteiger partial charge in [0.25, 0.3) is 0 Å². The number of benzene rings is 1. The van der Waals surface area contributed by atoms with Crippen LogP contribution in [0.1, 0.15) is 37.3 Å². The molecule has 0 radical (unpaired) electrons. The van der Waals surface area contributed by atoms with Crippen LogP contribution in [0.5, 0.6) is 5.75 Å². The summed E-state index contributed by atoms with van der Waals surface area (Å²) in [6.45, 7) is 3.70. The summed E-state index contributed by atoms with van der Waals surface area (Å²) in [7, 11) is 1.71. The van der Waals surface area contributed by atoms with E-state index in [9.17, 15) is 0 Å². The van der Waals surface area contributed by atoms with Crippen LogP contribution in [0.25, 0.3) is 0 Å². The molecule has 1 fully saturated rings. The quantitative estimate of drug-likeness (QED) is 0.801. The van der Waals surface area contributed by atoms with Gasteiger partial charge in [-0.05, 0) is 54.9 Å². The van der Waals surface area contributed by atoms with Gasteiger partial charge in [-0.1, -0.05) is 13.0 Å². The molecule has 1 aromatic carbocycles. The van der Waals surface area contributed by atoms with E-state index < -0.39 is 0 Å². The molecule has 0 bridgehead atoms. The first-order valence-corrected chi connectivity index (χ1v) is 7.22. The van der Waals surface area contributed by atoms with Crippen LogP contribution in [0.3, 0.4) is 0 Å². The van der Waals surface area contributed by atoms with Crippen LogP contribution in [-0.4, -0.2) is 19.8 Å². The Morgan fingerprint density at radius 2 is 2.10 bits per heavy atom. The second-order valence-corrected chi connectivity index (χ2v) is 5.48. The lowest BCUT2D eigenvalue weighted by molar-refractivity contribution is 0.111. The van der Waals surface area contributed by atoms with Crippen LogP contribution >= 0.6 is 12.4 Å². The zero-order valence-electron chi connectivity index (χ0n) is 12.4. The average Bonchev–Trinajstić information content (AvgIpc) is 3.23. The van der Waals surface area contributed by atoms with E-state index in [1.54, 1.807) is 7.11 Å². The molecule has 0 amide bonds. The fourth-order valence-corrected chi connectivity index (χ4v) is 2.14. The second-order valence-electron chi connectivity index (χ2n) is 5.48. The molecule has 2 rings (SSSR count). The smallest absolute Gasteiger partial charge is 0.122 e. The number of nitrogens with two attached hydrogens (primary N) is 1. The van der Waals surface area contributed by atoms with Gasteiger partial charge in [0.15, 0.2) is 0 Å². The molecule has 114 valence electrons. The molecule has 1 atom stereocenters. The van der Waals surface area contributed by atoms with Crippen LogP contribution in [0.2, 0.25) is 0 Å². The Morgan fingerprint density at radius 3 is 2.70 bits per heavy atom. The highest BCUT2D eigenvalue weighted by atomic mass is 35.5. The topological polar surface area (TPSA) is 44.5 Å². The molecule has 4 heteroatoms. The molecule has 1 aliphatic rings. The van der Waals surface area contributed by atoms with Gasteiger partial charge in [-0.2, -0.15) is 0 Å². The number of hydrogen-bond acceptors (Lipinski definition) is 3. The van der Waals surface area contributed by atoms with Gasteiger partial charge in [0.1, 0.15) is 5.75 Å². The maximum Gasteiger partial charge on any atom is 0.122 e. The third-order valence-electron chi connectivity index (χ3n) is 3.67. The van der Waals surface area contributed by atoms with E-state index in [0.29, 0.717) is 6.61 Å². The minimum Gasteiger partial charge on any atom is -0.496 e. The minimum absolute atomic E-state index is 0. The Balaban J connectivity index is 0.00000200. The summed E-state index contributed by atoms with van der Waals surface area (Å²) in [5, 5.41) is 0. The molecule has 20 heavy (non-hydrogen) atoms. The Labute approximate surface area is 128 Å². The van der Waals surface area contributed by atoms with Crippen molar-refractivity contribution in [3.63, 3.8) is 0 Å². The minimum atomic E-state index is 0. The van der Waals surface area contributed by atoms with E-state index in [2.05, 4.69) is 19.1 Å². The lowest BCUT2D eigenvalue weighted by Gasteiger charge is -2.14. The molecule has 0 aliphatic heterocycles. The average molecular weight is 300 g/mol. The first kappa shape index (κ1) is 17.3. The zero-order valence-corrected chi connectivity index (χ0v) is 13.2. The van der Waals surface area contributed by atoms with Crippen molar-refractivity contribution in [3.8, 4) is 5.75 Å². The fraction of sp³-hybridized carbons (Fsp3) is 0.625. The van der Waals surface area contributed by atoms with Crippen molar-refractivity contribution in [1.82, 2.24) is 0 Å². The van der Waals surface area contributed by atoms with Gasteiger partial charge in [0.05, 0.1) is 13.7 Å². The lowest BCUT2D eigenvalue weighted by atomic mass is 10.0. The van der Waals surface area contributed by atoms with Gasteiger partial charge >= 0.3 is 0 Å². The van der Waals surface area contributed by atoms with Crippen molar-refractivity contribution < 1.29 is 9.47 Å². The van der Waals surface area contributed by atoms with Gasteiger partial charge in [-0.3, -0.25) is 0 Å². The molecule has 2 N–H and O–H groups in total. The molecular formula is C16H26ClNO2. The van der Waals surface area contributed by atoms with Crippen LogP contribution < -0.4 is 10.5 Å². The van der Waals surface area contributed by atoms with Crippen molar-refractivity contribution in [2.45, 2.75) is 45.3 Å². The van der Waals surface area contributed by atoms with Gasteiger partial charge in [-0.15, -0.1) is 12.4 Å². The number of methoxy groups -OCH3 is 1. The van der Waals surface area contributed by atoms with Gasteiger partial charge in [-0.25, -0.2) is 0 Å². The molecule has 1 aliphatic carbocycles. The maximum atomic E-state index is 6.04. The first-order chi connectivity index (χ1) is 9.22. The summed E-state index contributed by atoms with van der Waals surface area (Å²) in [6, 6.07) is 6.46. The molecular weight excluding hydrogens is 274 g/mol. The standard InChI is InChI=1S/C16H25NO2.ClH/c1-3-15(17)9-14-8-13(6-7-16(14)18-2)11-19-10-12-4-5-12;/h6-8,12,15H,3-5,9-11,17H2,1-2H3;1H. The molecule has 0 heterocycles. The highest BCUT2D eigenvalue weighted by molar-refractivity contribution is 5.85. The number of hydrogen-bond donors (Lipinski definition) is 1. The van der Waals surface area contributed by atoms with Crippen molar-refractivity contribution >= 4 is 12.4 Å². The lowest BCUT2D eigenvalue weighted by Crippen LogP contribution is -2.21. The molecule has 1 unspecified atom stereocenters. The van der Waals surface area contributed by atoms with Crippen molar-refractivity contribution in [2.75, 3.05) is 13.7 Å². The van der Waals surface area contributed by atoms with Crippen LogP contribution in [-0.2, 0) is 17.8 Å². The molecule has 1 aromatic rings. The Bertz CT molecular complexity index is 407. The zero-order chi connectivity index (χ0) is 13.7. The number of ether oxygens (including phenoxy) is 2. The van der Waals surface area contributed by atoms with Crippen molar-refractivity contribution in [1.29, 1.82) is 0 Å². The predicted octanol–water partition coefficient (Wildman–Crippen LogP) is 3.32. The van der Waals surface area contributed by atoms with Crippen LogP contribution in [0, 0.1) is 5.92 Å². The van der Waals surface area contributed by atoms with Crippen molar-refractivity contribution in [2.24, 2.45) is 11.7 Å². The summed E-state index contributed by atoms with van der Waals surface area (Å²) < 4.78 is 11.1. The normalized spacial score (nSPS) is 15.6. The molecule has 1 saturated carbocycles. The predicted molar refractivity (Wildman–Crippen MR) is 84.6 cm³/mol. The summed E-state index contributed by atoms with van der Waals surface area (Å²) in [4.78, 5) is 0. The summed E-state index contributed by atoms with van der Waals surface area (Å²) in [5.41, 5.74) is 8.43. The van der Waals surface area contributed by atoms with E-state index in [4.69, 9.17) is 15.2 Å². The summed E-state index contributed by atoms with van der Waals surface area (Å²) >= 11 is 0. The Kier molecular flexibility index (Phi) is 7.35. The monoisotopic (exact) mass is 299 g/mol. The van der Waals surface area contributed by atoms with Gasteiger partial charge in [0, 0.05) is 12.6 Å². The highest BCUT2D eigenvalue weighted by Gasteiger charge is 2.21. The third kappa shape index (κ3) is 5.31. The highest BCUT2D eigenvalue weighted by Crippen LogP contribution is 2.29. The van der Waals surface area contributed by atoms with Crippen LogP contribution in [0.4, 0.5) is 0 Å². The number of rotatable bonds is 8. The third-order valence-corrected chi connectivity index (χ3v) is 3.67. The SMILES string of the molecule is CCC(N)Cc1cc(COCC2CC2)ccc1OC.Cl. The number of halogens is 1. The molecule has 0 saturated heterocycles.